The largest absolute Gasteiger partial charge is 1.00 e. The van der Waals surface area contributed by atoms with Crippen LogP contribution in [0.25, 0.3) is 22.1 Å². The number of nitrogen functional groups attached to an aromatic ring is 1. The molecule has 0 saturated carbocycles. The molecule has 0 fully saturated rings. The Morgan fingerprint density at radius 2 is 1.24 bits per heavy atom. The Bertz CT molecular complexity index is 3150. The van der Waals surface area contributed by atoms with E-state index in [0.29, 0.717) is 0 Å². The molecule has 23 nitrogen and oxygen atoms in total. The fourth-order valence-corrected chi connectivity index (χ4v) is 7.64. The summed E-state index contributed by atoms with van der Waals surface area (Å²) >= 11 is 6.58. The standard InChI is InChI=1S/C31H23ClN10O13S4.4Na/c1-14-21(13-33)30(41(39-14)17-3-7-19(8-4-17)57(45,46)47)37-35-27-22(56-55-54-44)11-16-12-23(59(51,52)53)28(26(34)24(16)29(27)43)36-38-31-25(32)15(2)40-42(31)18-5-9-20(10-6-18)58(48,49)50;;;;/h3-12,43-44H,34H2,1-2H3,(H,45,46,47)(H,48,49,50)(H,51,52,53);;;;/q;4*+1/p-4. The molecule has 0 aliphatic heterocycles. The molecule has 2 aromatic heterocycles. The molecular weight excluding hydrogens is 976 g/mol. The van der Waals surface area contributed by atoms with E-state index in [1.165, 1.54) is 38.1 Å². The number of azo groups is 2. The molecular formula is C31H19ClN10Na4O13S4. The zero-order valence-electron chi connectivity index (χ0n) is 33.2. The zero-order valence-corrected chi connectivity index (χ0v) is 45.3. The maximum atomic E-state index is 12.6. The van der Waals surface area contributed by atoms with E-state index in [2.05, 4.69) is 40.0 Å². The van der Waals surface area contributed by atoms with E-state index in [9.17, 15) is 54.5 Å². The molecule has 0 amide bonds. The van der Waals surface area contributed by atoms with Gasteiger partial charge in [-0.25, -0.2) is 34.6 Å². The summed E-state index contributed by atoms with van der Waals surface area (Å²) in [5, 5.41) is 59.4. The second-order valence-corrected chi connectivity index (χ2v) is 16.9. The van der Waals surface area contributed by atoms with Crippen LogP contribution in [0.3, 0.4) is 0 Å². The minimum Gasteiger partial charge on any atom is -0.744 e. The molecule has 4 aromatic carbocycles. The Morgan fingerprint density at radius 1 is 0.762 bits per heavy atom. The minimum absolute atomic E-state index is 0. The second kappa shape index (κ2) is 22.7. The Balaban J connectivity index is 0.00000341. The van der Waals surface area contributed by atoms with Gasteiger partial charge in [-0.3, -0.25) is 5.04 Å². The van der Waals surface area contributed by atoms with Crippen LogP contribution in [0.4, 0.5) is 28.7 Å². The second-order valence-electron chi connectivity index (χ2n) is 11.7. The number of aromatic nitrogens is 4. The molecule has 0 bridgehead atoms. The van der Waals surface area contributed by atoms with E-state index in [4.69, 9.17) is 17.3 Å². The van der Waals surface area contributed by atoms with Crippen LogP contribution in [0.2, 0.25) is 5.02 Å². The van der Waals surface area contributed by atoms with Crippen molar-refractivity contribution in [1.82, 2.24) is 19.6 Å². The van der Waals surface area contributed by atoms with Crippen molar-refractivity contribution in [2.75, 3.05) is 5.73 Å². The van der Waals surface area contributed by atoms with E-state index in [-0.39, 0.29) is 186 Å². The summed E-state index contributed by atoms with van der Waals surface area (Å²) in [4.78, 5) is -2.45. The number of phenols is 1. The number of hydrogen-bond acceptors (Lipinski definition) is 22. The van der Waals surface area contributed by atoms with E-state index < -0.39 is 73.2 Å². The molecule has 63 heavy (non-hydrogen) atoms. The van der Waals surface area contributed by atoms with Crippen molar-refractivity contribution in [2.45, 2.75) is 33.4 Å². The summed E-state index contributed by atoms with van der Waals surface area (Å²) in [7, 11) is -15.1. The molecule has 3 N–H and O–H groups in total. The first kappa shape index (κ1) is 57.2. The predicted molar refractivity (Wildman–Crippen MR) is 197 cm³/mol. The van der Waals surface area contributed by atoms with Gasteiger partial charge in [0.25, 0.3) is 0 Å². The van der Waals surface area contributed by atoms with Crippen LogP contribution >= 0.6 is 23.6 Å². The maximum Gasteiger partial charge on any atom is 1.00 e. The molecule has 0 saturated heterocycles. The third kappa shape index (κ3) is 12.4. The first-order chi connectivity index (χ1) is 27.6. The van der Waals surface area contributed by atoms with Gasteiger partial charge in [0.2, 0.25) is 0 Å². The third-order valence-corrected chi connectivity index (χ3v) is 11.7. The number of fused-ring (bicyclic) bond motifs is 1. The van der Waals surface area contributed by atoms with Crippen LogP contribution in [0.1, 0.15) is 17.0 Å². The number of nitrogens with zero attached hydrogens (tertiary/aromatic N) is 9. The summed E-state index contributed by atoms with van der Waals surface area (Å²) < 4.78 is 113. The molecule has 2 heterocycles. The van der Waals surface area contributed by atoms with Gasteiger partial charge in [-0.15, -0.1) is 20.5 Å². The van der Waals surface area contributed by atoms with Crippen LogP contribution < -0.4 is 129 Å². The number of phenolic OH excluding ortho intramolecular Hbond substituents is 1. The summed E-state index contributed by atoms with van der Waals surface area (Å²) in [5.74, 6) is -1.42. The maximum absolute atomic E-state index is 12.6. The van der Waals surface area contributed by atoms with Gasteiger partial charge in [0.1, 0.15) is 58.4 Å². The number of hydrogen-bond donors (Lipinski definition) is 2. The average Bonchev–Trinajstić information content (AvgIpc) is 3.64. The predicted octanol–water partition coefficient (Wildman–Crippen LogP) is -7.57. The first-order valence-corrected chi connectivity index (χ1v) is 20.9. The number of anilines is 1. The Kier molecular flexibility index (Phi) is 20.6. The zero-order chi connectivity index (χ0) is 43.2. The van der Waals surface area contributed by atoms with Gasteiger partial charge in [-0.2, -0.15) is 19.8 Å². The van der Waals surface area contributed by atoms with Crippen LogP contribution in [0.15, 0.2) is 101 Å². The third-order valence-electron chi connectivity index (χ3n) is 8.08. The molecule has 0 spiro atoms. The number of aromatic hydroxyl groups is 1. The molecule has 6 aromatic rings. The SMILES string of the molecule is Cc1nn(-c2ccc(S(=O)(=O)[O-])cc2)c(N=Nc2c(S(=O)(=O)[O-])cc3cc(SOO[O-])c(N=Nc4c(C#N)c(C)nn4-c4ccc(S(=O)(=O)[O-])cc4)c(O)c3c2N)c1Cl.[Na+].[Na+].[Na+].[Na+]. The van der Waals surface area contributed by atoms with Gasteiger partial charge in [-0.05, 0) is 79.9 Å². The van der Waals surface area contributed by atoms with Gasteiger partial charge < -0.3 is 29.8 Å². The fraction of sp³-hybridized carbons (Fsp3) is 0.0645. The van der Waals surface area contributed by atoms with E-state index >= 15 is 0 Å². The number of nitrogens with two attached hydrogens (primary N) is 1. The first-order valence-electron chi connectivity index (χ1n) is 15.6. The number of benzene rings is 4. The van der Waals surface area contributed by atoms with Gasteiger partial charge in [0.05, 0.1) is 65.5 Å². The number of halogens is 1. The quantitative estimate of drug-likeness (QED) is 0.0219. The van der Waals surface area contributed by atoms with Gasteiger partial charge >= 0.3 is 118 Å². The van der Waals surface area contributed by atoms with Crippen molar-refractivity contribution in [3.63, 3.8) is 0 Å². The molecule has 32 heteroatoms. The van der Waals surface area contributed by atoms with Crippen LogP contribution in [0, 0.1) is 25.2 Å². The molecule has 0 aliphatic rings. The van der Waals surface area contributed by atoms with Gasteiger partial charge in [0.15, 0.2) is 17.4 Å². The number of rotatable bonds is 12. The van der Waals surface area contributed by atoms with Crippen molar-refractivity contribution < 1.29 is 177 Å². The minimum atomic E-state index is -5.44. The summed E-state index contributed by atoms with van der Waals surface area (Å²) in [6.07, 6.45) is 0. The smallest absolute Gasteiger partial charge is 0.744 e. The van der Waals surface area contributed by atoms with Crippen LogP contribution in [-0.4, -0.2) is 63.6 Å². The van der Waals surface area contributed by atoms with Gasteiger partial charge in [-0.1, -0.05) is 11.6 Å². The van der Waals surface area contributed by atoms with Crippen molar-refractivity contribution >= 4 is 93.5 Å². The van der Waals surface area contributed by atoms with Crippen molar-refractivity contribution in [3.05, 3.63) is 82.6 Å². The molecule has 306 valence electrons. The van der Waals surface area contributed by atoms with E-state index in [1.54, 1.807) is 0 Å². The average molecular weight is 995 g/mol. The van der Waals surface area contributed by atoms with Crippen molar-refractivity contribution in [1.29, 1.82) is 5.26 Å². The van der Waals surface area contributed by atoms with Crippen molar-refractivity contribution in [2.24, 2.45) is 20.5 Å². The Labute approximate surface area is 454 Å². The topological polar surface area (TPSA) is 368 Å². The monoisotopic (exact) mass is 994 g/mol. The number of nitriles is 1. The van der Waals surface area contributed by atoms with E-state index in [0.717, 1.165) is 45.8 Å². The summed E-state index contributed by atoms with van der Waals surface area (Å²) in [6.45, 7) is 2.90. The summed E-state index contributed by atoms with van der Waals surface area (Å²) in [5.41, 5.74) is 4.76. The van der Waals surface area contributed by atoms with Gasteiger partial charge in [0, 0.05) is 0 Å². The summed E-state index contributed by atoms with van der Waals surface area (Å²) in [6, 6.07) is 12.5. The normalized spacial score (nSPS) is 11.8. The molecule has 0 radical (unpaired) electrons. The molecule has 0 atom stereocenters. The number of aryl methyl sites for hydroxylation is 2. The van der Waals surface area contributed by atoms with Crippen LogP contribution in [0.5, 0.6) is 5.75 Å². The molecule has 0 aliphatic carbocycles. The Hall–Kier alpha value is -1.90. The molecule has 0 unspecified atom stereocenters. The van der Waals surface area contributed by atoms with Crippen LogP contribution in [-0.2, 0) is 39.7 Å². The van der Waals surface area contributed by atoms with E-state index in [1.807, 2.05) is 6.07 Å². The van der Waals surface area contributed by atoms with Crippen molar-refractivity contribution in [3.8, 4) is 23.2 Å². The fourth-order valence-electron chi connectivity index (χ4n) is 5.40. The Morgan fingerprint density at radius 3 is 1.71 bits per heavy atom. The molecule has 6 rings (SSSR count).